The van der Waals surface area contributed by atoms with Crippen molar-refractivity contribution in [3.8, 4) is 0 Å². The van der Waals surface area contributed by atoms with Gasteiger partial charge in [-0.3, -0.25) is 0 Å². The van der Waals surface area contributed by atoms with Gasteiger partial charge < -0.3 is 5.11 Å². The largest absolute Gasteiger partial charge is 0.478 e. The molecule has 0 aromatic rings. The summed E-state index contributed by atoms with van der Waals surface area (Å²) in [7, 11) is 0. The highest BCUT2D eigenvalue weighted by Crippen LogP contribution is 2.38. The lowest BCUT2D eigenvalue weighted by molar-refractivity contribution is -0.180. The molecule has 0 aliphatic rings. The zero-order valence-electron chi connectivity index (χ0n) is 6.07. The van der Waals surface area contributed by atoms with Crippen LogP contribution < -0.4 is 0 Å². The van der Waals surface area contributed by atoms with E-state index in [1.807, 2.05) is 0 Å². The molecule has 0 spiro atoms. The molecular formula is C6H6F4O2. The summed E-state index contributed by atoms with van der Waals surface area (Å²) in [5.74, 6) is -11.3. The SMILES string of the molecule is C=C(C(=O)O)C(F)(F)C(C)(F)F. The van der Waals surface area contributed by atoms with Gasteiger partial charge in [-0.05, 0) is 0 Å². The molecule has 0 aliphatic carbocycles. The van der Waals surface area contributed by atoms with Gasteiger partial charge in [0.25, 0.3) is 0 Å². The van der Waals surface area contributed by atoms with E-state index < -0.39 is 23.4 Å². The lowest BCUT2D eigenvalue weighted by atomic mass is 10.1. The topological polar surface area (TPSA) is 37.3 Å². The highest BCUT2D eigenvalue weighted by molar-refractivity contribution is 5.88. The summed E-state index contributed by atoms with van der Waals surface area (Å²) in [6.07, 6.45) is 0. The molecule has 0 atom stereocenters. The zero-order valence-corrected chi connectivity index (χ0v) is 6.07. The second-order valence-electron chi connectivity index (χ2n) is 2.25. The summed E-state index contributed by atoms with van der Waals surface area (Å²) in [5, 5.41) is 7.97. The van der Waals surface area contributed by atoms with Crippen molar-refractivity contribution in [2.24, 2.45) is 0 Å². The Morgan fingerprint density at radius 1 is 1.33 bits per heavy atom. The van der Waals surface area contributed by atoms with Gasteiger partial charge in [0.1, 0.15) is 5.57 Å². The quantitative estimate of drug-likeness (QED) is 0.540. The average Bonchev–Trinajstić information content (AvgIpc) is 1.83. The highest BCUT2D eigenvalue weighted by Gasteiger charge is 2.56. The Morgan fingerprint density at radius 3 is 1.75 bits per heavy atom. The molecule has 1 N–H and O–H groups in total. The molecule has 0 aromatic carbocycles. The second kappa shape index (κ2) is 2.76. The fraction of sp³-hybridized carbons (Fsp3) is 0.500. The lowest BCUT2D eigenvalue weighted by Crippen LogP contribution is -2.41. The molecule has 0 aliphatic heterocycles. The van der Waals surface area contributed by atoms with Gasteiger partial charge >= 0.3 is 17.8 Å². The third kappa shape index (κ3) is 1.75. The number of halogens is 4. The minimum atomic E-state index is -4.71. The van der Waals surface area contributed by atoms with Gasteiger partial charge in [-0.25, -0.2) is 4.79 Å². The highest BCUT2D eigenvalue weighted by atomic mass is 19.3. The van der Waals surface area contributed by atoms with Crippen LogP contribution in [0.25, 0.3) is 0 Å². The molecule has 0 aromatic heterocycles. The molecular weight excluding hydrogens is 180 g/mol. The third-order valence-corrected chi connectivity index (χ3v) is 1.19. The molecule has 0 fully saturated rings. The molecule has 0 saturated carbocycles. The summed E-state index contributed by atoms with van der Waals surface area (Å²) in [4.78, 5) is 9.88. The van der Waals surface area contributed by atoms with Crippen molar-refractivity contribution >= 4 is 5.97 Å². The molecule has 70 valence electrons. The predicted molar refractivity (Wildman–Crippen MR) is 32.3 cm³/mol. The van der Waals surface area contributed by atoms with Crippen molar-refractivity contribution in [1.82, 2.24) is 0 Å². The molecule has 0 saturated heterocycles. The summed E-state index contributed by atoms with van der Waals surface area (Å²) in [5.41, 5.74) is -1.81. The number of aliphatic carboxylic acids is 1. The first-order valence-corrected chi connectivity index (χ1v) is 2.79. The van der Waals surface area contributed by atoms with Gasteiger partial charge in [0.2, 0.25) is 0 Å². The summed E-state index contributed by atoms with van der Waals surface area (Å²) < 4.78 is 48.8. The monoisotopic (exact) mass is 186 g/mol. The standard InChI is InChI=1S/C6H6F4O2/c1-3(4(11)12)6(9,10)5(2,7)8/h1H2,2H3,(H,11,12). The van der Waals surface area contributed by atoms with Crippen LogP contribution in [0.3, 0.4) is 0 Å². The van der Waals surface area contributed by atoms with Crippen LogP contribution in [0, 0.1) is 0 Å². The fourth-order valence-corrected chi connectivity index (χ4v) is 0.399. The number of carboxylic acid groups (broad SMARTS) is 1. The van der Waals surface area contributed by atoms with Crippen LogP contribution in [0.1, 0.15) is 6.92 Å². The molecule has 0 amide bonds. The van der Waals surface area contributed by atoms with Crippen LogP contribution in [-0.2, 0) is 4.79 Å². The van der Waals surface area contributed by atoms with E-state index in [0.29, 0.717) is 0 Å². The maximum atomic E-state index is 12.3. The van der Waals surface area contributed by atoms with E-state index >= 15 is 0 Å². The lowest BCUT2D eigenvalue weighted by Gasteiger charge is -2.22. The minimum Gasteiger partial charge on any atom is -0.478 e. The smallest absolute Gasteiger partial charge is 0.341 e. The van der Waals surface area contributed by atoms with Crippen LogP contribution in [0.15, 0.2) is 12.2 Å². The van der Waals surface area contributed by atoms with Crippen LogP contribution in [-0.4, -0.2) is 22.9 Å². The Bertz CT molecular complexity index is 216. The minimum absolute atomic E-state index is 0.0683. The van der Waals surface area contributed by atoms with E-state index in [4.69, 9.17) is 5.11 Å². The van der Waals surface area contributed by atoms with E-state index in [9.17, 15) is 22.4 Å². The summed E-state index contributed by atoms with van der Waals surface area (Å²) in [6.45, 7) is 2.29. The van der Waals surface area contributed by atoms with Crippen molar-refractivity contribution in [2.45, 2.75) is 18.8 Å². The summed E-state index contributed by atoms with van der Waals surface area (Å²) >= 11 is 0. The maximum absolute atomic E-state index is 12.3. The summed E-state index contributed by atoms with van der Waals surface area (Å²) in [6, 6.07) is 0. The van der Waals surface area contributed by atoms with Crippen molar-refractivity contribution < 1.29 is 27.5 Å². The number of hydrogen-bond donors (Lipinski definition) is 1. The Morgan fingerprint density at radius 2 is 1.67 bits per heavy atom. The van der Waals surface area contributed by atoms with Crippen LogP contribution in [0.2, 0.25) is 0 Å². The Hall–Kier alpha value is -1.07. The number of carboxylic acids is 1. The zero-order chi connectivity index (χ0) is 10.2. The van der Waals surface area contributed by atoms with E-state index in [1.165, 1.54) is 0 Å². The molecule has 2 nitrogen and oxygen atoms in total. The number of carbonyl (C=O) groups is 1. The Labute approximate surface area is 65.5 Å². The van der Waals surface area contributed by atoms with E-state index in [0.717, 1.165) is 0 Å². The normalized spacial score (nSPS) is 12.8. The van der Waals surface area contributed by atoms with Crippen molar-refractivity contribution in [2.75, 3.05) is 0 Å². The van der Waals surface area contributed by atoms with Crippen molar-refractivity contribution in [1.29, 1.82) is 0 Å². The Balaban J connectivity index is 4.87. The van der Waals surface area contributed by atoms with E-state index in [2.05, 4.69) is 6.58 Å². The van der Waals surface area contributed by atoms with Gasteiger partial charge in [-0.2, -0.15) is 17.6 Å². The van der Waals surface area contributed by atoms with Gasteiger partial charge in [0.05, 0.1) is 0 Å². The average molecular weight is 186 g/mol. The van der Waals surface area contributed by atoms with Gasteiger partial charge in [-0.15, -0.1) is 0 Å². The van der Waals surface area contributed by atoms with Crippen molar-refractivity contribution in [3.05, 3.63) is 12.2 Å². The predicted octanol–water partition coefficient (Wildman–Crippen LogP) is 1.92. The second-order valence-corrected chi connectivity index (χ2v) is 2.25. The molecule has 0 heterocycles. The van der Waals surface area contributed by atoms with E-state index in [-0.39, 0.29) is 6.92 Å². The first kappa shape index (κ1) is 10.9. The van der Waals surface area contributed by atoms with E-state index in [1.54, 1.807) is 0 Å². The van der Waals surface area contributed by atoms with Crippen molar-refractivity contribution in [3.63, 3.8) is 0 Å². The fourth-order valence-electron chi connectivity index (χ4n) is 0.399. The molecule has 0 radical (unpaired) electrons. The molecule has 0 rings (SSSR count). The first-order chi connectivity index (χ1) is 5.10. The Kier molecular flexibility index (Phi) is 2.52. The first-order valence-electron chi connectivity index (χ1n) is 2.79. The molecule has 0 unspecified atom stereocenters. The third-order valence-electron chi connectivity index (χ3n) is 1.19. The van der Waals surface area contributed by atoms with Crippen LogP contribution >= 0.6 is 0 Å². The molecule has 0 bridgehead atoms. The van der Waals surface area contributed by atoms with Gasteiger partial charge in [0, 0.05) is 6.92 Å². The van der Waals surface area contributed by atoms with Gasteiger partial charge in [0.15, 0.2) is 0 Å². The number of hydrogen-bond acceptors (Lipinski definition) is 1. The molecule has 6 heteroatoms. The number of alkyl halides is 4. The van der Waals surface area contributed by atoms with Crippen LogP contribution in [0.4, 0.5) is 17.6 Å². The maximum Gasteiger partial charge on any atom is 0.341 e. The molecule has 12 heavy (non-hydrogen) atoms. The van der Waals surface area contributed by atoms with Gasteiger partial charge in [-0.1, -0.05) is 6.58 Å². The van der Waals surface area contributed by atoms with Crippen LogP contribution in [0.5, 0.6) is 0 Å². The number of rotatable bonds is 3.